The van der Waals surface area contributed by atoms with Crippen molar-refractivity contribution in [2.45, 2.75) is 64.1 Å². The van der Waals surface area contributed by atoms with Crippen molar-refractivity contribution in [2.24, 2.45) is 0 Å². The molecule has 7 heteroatoms. The minimum Gasteiger partial charge on any atom is -0.452 e. The third-order valence-electron chi connectivity index (χ3n) is 3.38. The van der Waals surface area contributed by atoms with Gasteiger partial charge in [-0.15, -0.1) is 0 Å². The van der Waals surface area contributed by atoms with Gasteiger partial charge in [-0.1, -0.05) is 27.2 Å². The van der Waals surface area contributed by atoms with Crippen LogP contribution in [0.4, 0.5) is 0 Å². The zero-order valence-electron chi connectivity index (χ0n) is 13.3. The Morgan fingerprint density at radius 3 is 2.52 bits per heavy atom. The molecule has 0 bridgehead atoms. The fourth-order valence-corrected chi connectivity index (χ4v) is 4.31. The number of nitrogens with zero attached hydrogens (tertiary/aromatic N) is 1. The molecule has 0 aliphatic carbocycles. The summed E-state index contributed by atoms with van der Waals surface area (Å²) in [4.78, 5) is 0.188. The van der Waals surface area contributed by atoms with Gasteiger partial charge in [0.05, 0.1) is 6.54 Å². The Bertz CT molecular complexity index is 555. The molecule has 0 aliphatic rings. The molecule has 0 aromatic carbocycles. The quantitative estimate of drug-likeness (QED) is 0.750. The lowest BCUT2D eigenvalue weighted by molar-refractivity contribution is 0.367. The molecule has 5 nitrogen and oxygen atoms in total. The van der Waals surface area contributed by atoms with Crippen LogP contribution in [0.5, 0.6) is 0 Å². The molecule has 0 spiro atoms. The van der Waals surface area contributed by atoms with E-state index in [4.69, 9.17) is 4.42 Å². The van der Waals surface area contributed by atoms with Crippen LogP contribution in [-0.4, -0.2) is 31.9 Å². The zero-order valence-corrected chi connectivity index (χ0v) is 15.7. The summed E-state index contributed by atoms with van der Waals surface area (Å²) in [5.41, 5.74) is 0. The first-order valence-electron chi connectivity index (χ1n) is 7.19. The molecule has 0 radical (unpaired) electrons. The zero-order chi connectivity index (χ0) is 16.2. The van der Waals surface area contributed by atoms with Crippen molar-refractivity contribution >= 4 is 26.0 Å². The second-order valence-corrected chi connectivity index (χ2v) is 8.23. The molecule has 0 aliphatic heterocycles. The molecule has 0 saturated heterocycles. The molecular weight excluding hydrogens is 356 g/mol. The monoisotopic (exact) mass is 380 g/mol. The van der Waals surface area contributed by atoms with E-state index in [9.17, 15) is 8.42 Å². The highest BCUT2D eigenvalue weighted by Gasteiger charge is 2.29. The lowest BCUT2D eigenvalue weighted by Gasteiger charge is -2.23. The van der Waals surface area contributed by atoms with Crippen molar-refractivity contribution in [3.63, 3.8) is 0 Å². The van der Waals surface area contributed by atoms with Gasteiger partial charge in [-0.2, -0.15) is 4.31 Å². The van der Waals surface area contributed by atoms with Crippen molar-refractivity contribution < 1.29 is 12.8 Å². The van der Waals surface area contributed by atoms with Crippen LogP contribution in [0, 0.1) is 0 Å². The molecule has 0 saturated carbocycles. The Hall–Kier alpha value is -0.370. The summed E-state index contributed by atoms with van der Waals surface area (Å²) >= 11 is 3.22. The summed E-state index contributed by atoms with van der Waals surface area (Å²) in [5, 5.41) is 3.20. The van der Waals surface area contributed by atoms with Crippen molar-refractivity contribution in [1.29, 1.82) is 0 Å². The number of hydrogen-bond donors (Lipinski definition) is 1. The first-order chi connectivity index (χ1) is 9.70. The van der Waals surface area contributed by atoms with Gasteiger partial charge in [-0.25, -0.2) is 8.42 Å². The van der Waals surface area contributed by atoms with Crippen LogP contribution in [0.15, 0.2) is 20.0 Å². The highest BCUT2D eigenvalue weighted by molar-refractivity contribution is 9.10. The number of nitrogens with one attached hydrogen (secondary N) is 1. The van der Waals surface area contributed by atoms with Gasteiger partial charge in [-0.3, -0.25) is 0 Å². The standard InChI is InChI=1S/C14H25BrN2O3S/c1-6-7-11(4)17(5)21(18,19)13-8-12(20-14(13)15)9-16-10(2)3/h8,10-11,16H,6-7,9H2,1-5H3. The molecule has 1 heterocycles. The fraction of sp³-hybridized carbons (Fsp3) is 0.714. The summed E-state index contributed by atoms with van der Waals surface area (Å²) in [6, 6.07) is 1.85. The Labute approximate surface area is 136 Å². The van der Waals surface area contributed by atoms with Gasteiger partial charge in [0, 0.05) is 25.2 Å². The van der Waals surface area contributed by atoms with Crippen LogP contribution >= 0.6 is 15.9 Å². The van der Waals surface area contributed by atoms with Gasteiger partial charge in [0.1, 0.15) is 10.7 Å². The maximum Gasteiger partial charge on any atom is 0.247 e. The predicted octanol–water partition coefficient (Wildman–Crippen LogP) is 3.35. The van der Waals surface area contributed by atoms with Gasteiger partial charge in [0.25, 0.3) is 0 Å². The summed E-state index contributed by atoms with van der Waals surface area (Å²) in [6.07, 6.45) is 1.77. The SMILES string of the molecule is CCCC(C)N(C)S(=O)(=O)c1cc(CNC(C)C)oc1Br. The van der Waals surface area contributed by atoms with Crippen molar-refractivity contribution in [3.8, 4) is 0 Å². The smallest absolute Gasteiger partial charge is 0.247 e. The van der Waals surface area contributed by atoms with Gasteiger partial charge in [-0.05, 0) is 29.3 Å². The van der Waals surface area contributed by atoms with Crippen LogP contribution in [0.2, 0.25) is 0 Å². The van der Waals surface area contributed by atoms with Crippen LogP contribution in [0.3, 0.4) is 0 Å². The highest BCUT2D eigenvalue weighted by Crippen LogP contribution is 2.29. The van der Waals surface area contributed by atoms with Crippen molar-refractivity contribution in [2.75, 3.05) is 7.05 Å². The normalized spacial score (nSPS) is 14.1. The van der Waals surface area contributed by atoms with E-state index in [0.717, 1.165) is 12.8 Å². The first kappa shape index (κ1) is 18.7. The Morgan fingerprint density at radius 1 is 1.38 bits per heavy atom. The summed E-state index contributed by atoms with van der Waals surface area (Å²) in [7, 11) is -1.93. The summed E-state index contributed by atoms with van der Waals surface area (Å²) in [5.74, 6) is 0.602. The molecule has 122 valence electrons. The topological polar surface area (TPSA) is 62.6 Å². The van der Waals surface area contributed by atoms with Crippen molar-refractivity contribution in [1.82, 2.24) is 9.62 Å². The number of sulfonamides is 1. The second kappa shape index (κ2) is 7.76. The maximum absolute atomic E-state index is 12.6. The molecule has 1 N–H and O–H groups in total. The minimum absolute atomic E-state index is 0.0426. The Kier molecular flexibility index (Phi) is 6.90. The van der Waals surface area contributed by atoms with E-state index in [0.29, 0.717) is 18.3 Å². The number of furan rings is 1. The van der Waals surface area contributed by atoms with E-state index in [1.807, 2.05) is 27.7 Å². The molecule has 1 atom stereocenters. The third-order valence-corrected chi connectivity index (χ3v) is 6.20. The largest absolute Gasteiger partial charge is 0.452 e. The molecule has 1 aromatic heterocycles. The van der Waals surface area contributed by atoms with Gasteiger partial charge < -0.3 is 9.73 Å². The maximum atomic E-state index is 12.6. The van der Waals surface area contributed by atoms with Crippen LogP contribution in [0.1, 0.15) is 46.3 Å². The van der Waals surface area contributed by atoms with E-state index in [2.05, 4.69) is 21.2 Å². The average Bonchev–Trinajstić information content (AvgIpc) is 2.77. The molecule has 1 unspecified atom stereocenters. The van der Waals surface area contributed by atoms with E-state index in [-0.39, 0.29) is 15.6 Å². The minimum atomic E-state index is -3.54. The second-order valence-electron chi connectivity index (χ2n) is 5.55. The lowest BCUT2D eigenvalue weighted by atomic mass is 10.2. The van der Waals surface area contributed by atoms with Gasteiger partial charge in [0.2, 0.25) is 10.0 Å². The predicted molar refractivity (Wildman–Crippen MR) is 87.7 cm³/mol. The number of hydrogen-bond acceptors (Lipinski definition) is 4. The van der Waals surface area contributed by atoms with Gasteiger partial charge in [0.15, 0.2) is 4.67 Å². The van der Waals surface area contributed by atoms with E-state index >= 15 is 0 Å². The van der Waals surface area contributed by atoms with Gasteiger partial charge >= 0.3 is 0 Å². The molecule has 1 aromatic rings. The molecule has 0 amide bonds. The lowest BCUT2D eigenvalue weighted by Crippen LogP contribution is -2.34. The summed E-state index contributed by atoms with van der Waals surface area (Å²) in [6.45, 7) is 8.50. The van der Waals surface area contributed by atoms with Crippen LogP contribution in [-0.2, 0) is 16.6 Å². The Balaban J connectivity index is 2.98. The van der Waals surface area contributed by atoms with Crippen LogP contribution in [0.25, 0.3) is 0 Å². The number of rotatable bonds is 8. The molecule has 0 fully saturated rings. The molecular formula is C14H25BrN2O3S. The fourth-order valence-electron chi connectivity index (χ4n) is 1.96. The highest BCUT2D eigenvalue weighted by atomic mass is 79.9. The van der Waals surface area contributed by atoms with E-state index in [1.165, 1.54) is 4.31 Å². The van der Waals surface area contributed by atoms with E-state index in [1.54, 1.807) is 13.1 Å². The van der Waals surface area contributed by atoms with Crippen molar-refractivity contribution in [3.05, 3.63) is 16.5 Å². The molecule has 21 heavy (non-hydrogen) atoms. The average molecular weight is 381 g/mol. The molecule has 1 rings (SSSR count). The first-order valence-corrected chi connectivity index (χ1v) is 9.43. The van der Waals surface area contributed by atoms with E-state index < -0.39 is 10.0 Å². The summed E-state index contributed by atoms with van der Waals surface area (Å²) < 4.78 is 32.4. The number of halogens is 1. The van der Waals surface area contributed by atoms with Crippen LogP contribution < -0.4 is 5.32 Å². The Morgan fingerprint density at radius 2 is 2.00 bits per heavy atom. The third kappa shape index (κ3) is 4.81.